The van der Waals surface area contributed by atoms with Gasteiger partial charge < -0.3 is 30.0 Å². The number of hydrogen-bond acceptors (Lipinski definition) is 16. The lowest BCUT2D eigenvalue weighted by atomic mass is 10.1. The van der Waals surface area contributed by atoms with E-state index in [-0.39, 0.29) is 91.3 Å². The van der Waals surface area contributed by atoms with Gasteiger partial charge in [-0.15, -0.1) is 0 Å². The quantitative estimate of drug-likeness (QED) is 0.103. The maximum Gasteiger partial charge on any atom is 0.328 e. The number of anilines is 1. The molecule has 0 aliphatic rings. The van der Waals surface area contributed by atoms with E-state index >= 15 is 0 Å². The fraction of sp³-hybridized carbons (Fsp3) is 0.417. The second-order valence-corrected chi connectivity index (χ2v) is 9.17. The highest BCUT2D eigenvalue weighted by molar-refractivity contribution is 7.59. The molecule has 264 valence electrons. The molecular weight excluding hydrogens is 735 g/mol. The van der Waals surface area contributed by atoms with Crippen LogP contribution in [0.15, 0.2) is 24.3 Å². The minimum atomic E-state index is -1.01. The average molecular weight is 768 g/mol. The number of hydrogen-bond donors (Lipinski definition) is 2. The predicted octanol–water partition coefficient (Wildman–Crippen LogP) is 3.51. The summed E-state index contributed by atoms with van der Waals surface area (Å²) in [5, 5.41) is 23.7. The Balaban J connectivity index is -0.000000660. The summed E-state index contributed by atoms with van der Waals surface area (Å²) in [6.45, 7) is 0. The van der Waals surface area contributed by atoms with E-state index in [0.29, 0.717) is 0 Å². The minimum absolute atomic E-state index is 0. The number of carbonyl (C=O) groups is 4. The molecule has 23 heteroatoms. The fourth-order valence-electron chi connectivity index (χ4n) is 2.79. The number of halogens is 3. The highest BCUT2D eigenvalue weighted by Gasteiger charge is 2.25. The Bertz CT molecular complexity index is 1360. The van der Waals surface area contributed by atoms with Gasteiger partial charge in [0.1, 0.15) is 22.4 Å². The number of methoxy groups -OCH3 is 4. The first-order valence-corrected chi connectivity index (χ1v) is 13.3. The van der Waals surface area contributed by atoms with Crippen molar-refractivity contribution in [1.29, 1.82) is 0 Å². The molecule has 0 bridgehead atoms. The van der Waals surface area contributed by atoms with Gasteiger partial charge in [0.15, 0.2) is 0 Å². The van der Waals surface area contributed by atoms with Crippen LogP contribution in [0.3, 0.4) is 0 Å². The van der Waals surface area contributed by atoms with Gasteiger partial charge in [0, 0.05) is 25.0 Å². The smallest absolute Gasteiger partial charge is 0.328 e. The number of esters is 4. The van der Waals surface area contributed by atoms with E-state index in [0.717, 1.165) is 13.2 Å². The van der Waals surface area contributed by atoms with Crippen LogP contribution in [0.4, 0.5) is 17.2 Å². The molecule has 1 unspecified atom stereocenters. The Labute approximate surface area is 297 Å². The third kappa shape index (κ3) is 18.9. The predicted molar refractivity (Wildman–Crippen MR) is 179 cm³/mol. The molecule has 47 heavy (non-hydrogen) atoms. The number of nitrogens with two attached hydrogens (primary N) is 1. The van der Waals surface area contributed by atoms with Gasteiger partial charge in [0.2, 0.25) is 11.0 Å². The molecule has 0 amide bonds. The van der Waals surface area contributed by atoms with Gasteiger partial charge in [0.25, 0.3) is 0 Å². The van der Waals surface area contributed by atoms with Crippen LogP contribution in [-0.4, -0.2) is 84.2 Å². The van der Waals surface area contributed by atoms with E-state index in [1.165, 1.54) is 39.5 Å². The highest BCUT2D eigenvalue weighted by Crippen LogP contribution is 2.25. The topological polar surface area (TPSA) is 255 Å². The number of ether oxygens (including phenoxy) is 4. The standard InChI is InChI=1S/C12H14ClN3O6.C7H13NO4.C5H2Cl2N2O2.2H2S/c1-21-10(17)6-3-7(12(18)22-2)14-11-8(16(19)20)4-5-9(13)15-11;1-11-6(9)4-3-5(8)7(10)12-2;6-4-2-1-3(9(10)11)5(7)8-4;;/h4-5,7H,3,6H2,1-2H3,(H,14,15);5H,3-4,8H2,1-2H3;1-2H;2*1H2/t;5-;;;/m.0.../s1. The summed E-state index contributed by atoms with van der Waals surface area (Å²) in [5.41, 5.74) is 4.76. The van der Waals surface area contributed by atoms with E-state index < -0.39 is 39.8 Å². The molecule has 3 N–H and O–H groups in total. The van der Waals surface area contributed by atoms with Crippen molar-refractivity contribution >= 4 is 103 Å². The number of nitrogens with zero attached hydrogens (tertiary/aromatic N) is 4. The van der Waals surface area contributed by atoms with Crippen LogP contribution in [0.25, 0.3) is 0 Å². The molecule has 0 aliphatic carbocycles. The van der Waals surface area contributed by atoms with Crippen molar-refractivity contribution in [2.75, 3.05) is 33.8 Å². The largest absolute Gasteiger partial charge is 0.469 e. The van der Waals surface area contributed by atoms with E-state index in [9.17, 15) is 39.4 Å². The Hall–Kier alpha value is -3.69. The molecule has 0 fully saturated rings. The summed E-state index contributed by atoms with van der Waals surface area (Å²) in [4.78, 5) is 71.3. The third-order valence-electron chi connectivity index (χ3n) is 5.08. The fourth-order valence-corrected chi connectivity index (χ4v) is 3.35. The number of pyridine rings is 2. The summed E-state index contributed by atoms with van der Waals surface area (Å²) in [7, 11) is 4.91. The van der Waals surface area contributed by atoms with Crippen LogP contribution in [-0.2, 0) is 38.1 Å². The molecule has 2 heterocycles. The molecule has 0 radical (unpaired) electrons. The summed E-state index contributed by atoms with van der Waals surface area (Å²) in [6.07, 6.45) is 0.328. The molecule has 0 spiro atoms. The molecule has 2 aromatic rings. The van der Waals surface area contributed by atoms with E-state index in [1.807, 2.05) is 0 Å². The molecule has 0 aromatic carbocycles. The molecule has 2 rings (SSSR count). The second kappa shape index (κ2) is 25.4. The van der Waals surface area contributed by atoms with Crippen LogP contribution >= 0.6 is 61.8 Å². The lowest BCUT2D eigenvalue weighted by Crippen LogP contribution is -2.32. The number of rotatable bonds is 12. The van der Waals surface area contributed by atoms with Crippen LogP contribution in [0.2, 0.25) is 15.5 Å². The molecule has 0 saturated carbocycles. The van der Waals surface area contributed by atoms with Gasteiger partial charge >= 0.3 is 35.3 Å². The maximum absolute atomic E-state index is 11.7. The SMILES string of the molecule is COC(=O)CCC(Nc1nc(Cl)ccc1[N+](=O)[O-])C(=O)OC.COC(=O)CC[C@H](N)C(=O)OC.O=[N+]([O-])c1ccc(Cl)nc1Cl.S.S. The van der Waals surface area contributed by atoms with Gasteiger partial charge in [-0.2, -0.15) is 27.0 Å². The van der Waals surface area contributed by atoms with E-state index in [4.69, 9.17) is 40.5 Å². The van der Waals surface area contributed by atoms with Crippen molar-refractivity contribution in [3.8, 4) is 0 Å². The molecule has 2 atom stereocenters. The monoisotopic (exact) mass is 766 g/mol. The molecule has 18 nitrogen and oxygen atoms in total. The third-order valence-corrected chi connectivity index (χ3v) is 5.78. The molecule has 0 aliphatic heterocycles. The Morgan fingerprint density at radius 2 is 1.21 bits per heavy atom. The Morgan fingerprint density at radius 3 is 1.64 bits per heavy atom. The Morgan fingerprint density at radius 1 is 0.766 bits per heavy atom. The molecule has 2 aromatic heterocycles. The first-order chi connectivity index (χ1) is 21.1. The van der Waals surface area contributed by atoms with Gasteiger partial charge in [-0.3, -0.25) is 34.6 Å². The average Bonchev–Trinajstić information content (AvgIpc) is 3.00. The van der Waals surface area contributed by atoms with Gasteiger partial charge in [0.05, 0.1) is 38.3 Å². The van der Waals surface area contributed by atoms with Crippen molar-refractivity contribution in [3.05, 3.63) is 60.0 Å². The van der Waals surface area contributed by atoms with Crippen molar-refractivity contribution in [3.63, 3.8) is 0 Å². The molecule has 0 saturated heterocycles. The van der Waals surface area contributed by atoms with E-state index in [2.05, 4.69) is 34.2 Å². The van der Waals surface area contributed by atoms with Crippen molar-refractivity contribution < 1.29 is 48.0 Å². The molecular formula is C24H33Cl3N6O12S2. The van der Waals surface area contributed by atoms with Crippen LogP contribution in [0, 0.1) is 20.2 Å². The minimum Gasteiger partial charge on any atom is -0.469 e. The first kappa shape index (κ1) is 47.7. The number of aromatic nitrogens is 2. The highest BCUT2D eigenvalue weighted by atomic mass is 35.5. The lowest BCUT2D eigenvalue weighted by Gasteiger charge is -2.16. The summed E-state index contributed by atoms with van der Waals surface area (Å²) in [5.74, 6) is -2.30. The van der Waals surface area contributed by atoms with Crippen LogP contribution in [0.1, 0.15) is 25.7 Å². The Kier molecular flexibility index (Phi) is 25.8. The summed E-state index contributed by atoms with van der Waals surface area (Å²) in [6, 6.07) is 3.19. The van der Waals surface area contributed by atoms with Gasteiger partial charge in [-0.05, 0) is 25.0 Å². The van der Waals surface area contributed by atoms with Crippen LogP contribution in [0.5, 0.6) is 0 Å². The zero-order valence-corrected chi connectivity index (χ0v) is 29.5. The van der Waals surface area contributed by atoms with E-state index in [1.54, 1.807) is 0 Å². The van der Waals surface area contributed by atoms with Crippen molar-refractivity contribution in [1.82, 2.24) is 9.97 Å². The number of nitrogens with one attached hydrogen (secondary N) is 1. The zero-order valence-electron chi connectivity index (χ0n) is 25.2. The summed E-state index contributed by atoms with van der Waals surface area (Å²) < 4.78 is 17.8. The zero-order chi connectivity index (χ0) is 34.7. The lowest BCUT2D eigenvalue weighted by molar-refractivity contribution is -0.385. The summed E-state index contributed by atoms with van der Waals surface area (Å²) >= 11 is 16.5. The maximum atomic E-state index is 11.7. The number of carbonyl (C=O) groups excluding carboxylic acids is 4. The van der Waals surface area contributed by atoms with Gasteiger partial charge in [-0.1, -0.05) is 34.8 Å². The first-order valence-electron chi connectivity index (χ1n) is 12.2. The second-order valence-electron chi connectivity index (χ2n) is 8.04. The van der Waals surface area contributed by atoms with Crippen molar-refractivity contribution in [2.45, 2.75) is 37.8 Å². The van der Waals surface area contributed by atoms with Crippen molar-refractivity contribution in [2.24, 2.45) is 5.73 Å². The normalized spacial score (nSPS) is 10.6. The van der Waals surface area contributed by atoms with Crippen LogP contribution < -0.4 is 11.1 Å². The van der Waals surface area contributed by atoms with Gasteiger partial charge in [-0.25, -0.2) is 14.8 Å². The number of nitro groups is 2.